The minimum absolute atomic E-state index is 0.0601. The summed E-state index contributed by atoms with van der Waals surface area (Å²) in [5, 5.41) is 9.39. The Bertz CT molecular complexity index is 1800. The van der Waals surface area contributed by atoms with Gasteiger partial charge >= 0.3 is 0 Å². The zero-order chi connectivity index (χ0) is 29.2. The highest BCUT2D eigenvalue weighted by atomic mass is 19.1. The molecule has 1 amide bonds. The molecule has 0 radical (unpaired) electrons. The molecule has 5 aromatic rings. The summed E-state index contributed by atoms with van der Waals surface area (Å²) in [5.74, 6) is 0.633. The standard InChI is InChI=1S/C33H31FN6O2/c1-19-22(21-16-26(34)25(30(17-21)42-3)18-39-29-11-13-38-33(29)41)6-4-7-23(19)24-8-5-9-27(20(24)2)40-32-31-28(10-12-37-32)35-14-15-36-31/h4-10,12,14-17,29,39H,11,13,18H2,1-3H3,(H,37,40)(H,38,41)/t29-/m0/s1. The summed E-state index contributed by atoms with van der Waals surface area (Å²) in [4.78, 5) is 25.3. The lowest BCUT2D eigenvalue weighted by Gasteiger charge is -2.18. The monoisotopic (exact) mass is 562 g/mol. The van der Waals surface area contributed by atoms with Gasteiger partial charge in [0.15, 0.2) is 5.82 Å². The van der Waals surface area contributed by atoms with Gasteiger partial charge in [-0.3, -0.25) is 9.78 Å². The SMILES string of the molecule is COc1cc(-c2cccc(-c3cccc(Nc4nccc5nccnc45)c3C)c2C)cc(F)c1CN[C@H]1CCNC1=O. The van der Waals surface area contributed by atoms with Crippen molar-refractivity contribution < 1.29 is 13.9 Å². The molecular weight excluding hydrogens is 531 g/mol. The van der Waals surface area contributed by atoms with Crippen molar-refractivity contribution in [3.8, 4) is 28.0 Å². The van der Waals surface area contributed by atoms with Crippen LogP contribution in [0.1, 0.15) is 23.1 Å². The predicted octanol–water partition coefficient (Wildman–Crippen LogP) is 5.85. The van der Waals surface area contributed by atoms with Crippen LogP contribution in [-0.4, -0.2) is 40.6 Å². The van der Waals surface area contributed by atoms with E-state index < -0.39 is 0 Å². The third-order valence-electron chi connectivity index (χ3n) is 7.86. The highest BCUT2D eigenvalue weighted by Crippen LogP contribution is 2.38. The normalized spacial score (nSPS) is 14.7. The fraction of sp³-hybridized carbons (Fsp3) is 0.212. The number of fused-ring (bicyclic) bond motifs is 1. The van der Waals surface area contributed by atoms with Gasteiger partial charge in [0, 0.05) is 42.9 Å². The molecule has 212 valence electrons. The third-order valence-corrected chi connectivity index (χ3v) is 7.86. The second-order valence-corrected chi connectivity index (χ2v) is 10.3. The van der Waals surface area contributed by atoms with Crippen molar-refractivity contribution in [2.75, 3.05) is 19.0 Å². The number of carbonyl (C=O) groups is 1. The molecule has 0 spiro atoms. The number of carbonyl (C=O) groups excluding carboxylic acids is 1. The van der Waals surface area contributed by atoms with Crippen LogP contribution in [0.2, 0.25) is 0 Å². The molecule has 42 heavy (non-hydrogen) atoms. The Morgan fingerprint density at radius 1 is 0.952 bits per heavy atom. The van der Waals surface area contributed by atoms with Gasteiger partial charge in [-0.25, -0.2) is 14.4 Å². The van der Waals surface area contributed by atoms with Gasteiger partial charge < -0.3 is 20.7 Å². The first-order valence-corrected chi connectivity index (χ1v) is 13.8. The average molecular weight is 563 g/mol. The number of rotatable bonds is 8. The second-order valence-electron chi connectivity index (χ2n) is 10.3. The number of amides is 1. The molecule has 3 heterocycles. The van der Waals surface area contributed by atoms with Crippen LogP contribution in [0.4, 0.5) is 15.9 Å². The van der Waals surface area contributed by atoms with Gasteiger partial charge in [0.05, 0.1) is 18.7 Å². The van der Waals surface area contributed by atoms with Crippen LogP contribution in [0.15, 0.2) is 73.2 Å². The molecule has 1 aliphatic heterocycles. The third kappa shape index (κ3) is 5.14. The Balaban J connectivity index is 1.33. The van der Waals surface area contributed by atoms with Gasteiger partial charge in [0.25, 0.3) is 0 Å². The fourth-order valence-corrected chi connectivity index (χ4v) is 5.55. The summed E-state index contributed by atoms with van der Waals surface area (Å²) >= 11 is 0. The molecule has 1 fully saturated rings. The van der Waals surface area contributed by atoms with E-state index in [0.29, 0.717) is 35.6 Å². The fourth-order valence-electron chi connectivity index (χ4n) is 5.55. The molecule has 0 unspecified atom stereocenters. The number of benzene rings is 3. The van der Waals surface area contributed by atoms with E-state index in [0.717, 1.165) is 44.6 Å². The summed E-state index contributed by atoms with van der Waals surface area (Å²) in [5.41, 5.74) is 8.54. The van der Waals surface area contributed by atoms with Gasteiger partial charge in [0.2, 0.25) is 5.91 Å². The zero-order valence-corrected chi connectivity index (χ0v) is 23.7. The minimum atomic E-state index is -0.381. The first-order chi connectivity index (χ1) is 20.4. The molecule has 1 atom stereocenters. The lowest BCUT2D eigenvalue weighted by Crippen LogP contribution is -2.35. The van der Waals surface area contributed by atoms with Crippen LogP contribution in [0.5, 0.6) is 5.75 Å². The molecule has 0 bridgehead atoms. The van der Waals surface area contributed by atoms with Crippen LogP contribution in [0.25, 0.3) is 33.3 Å². The van der Waals surface area contributed by atoms with Crippen LogP contribution in [0, 0.1) is 19.7 Å². The van der Waals surface area contributed by atoms with Gasteiger partial charge in [-0.15, -0.1) is 0 Å². The molecule has 6 rings (SSSR count). The molecule has 3 N–H and O–H groups in total. The lowest BCUT2D eigenvalue weighted by atomic mass is 9.90. The van der Waals surface area contributed by atoms with E-state index in [1.54, 1.807) is 24.7 Å². The summed E-state index contributed by atoms with van der Waals surface area (Å²) in [6.07, 6.45) is 5.71. The van der Waals surface area contributed by atoms with Crippen molar-refractivity contribution in [3.05, 3.63) is 95.7 Å². The number of methoxy groups -OCH3 is 1. The van der Waals surface area contributed by atoms with E-state index in [4.69, 9.17) is 4.74 Å². The molecule has 9 heteroatoms. The van der Waals surface area contributed by atoms with Crippen molar-refractivity contribution >= 4 is 28.4 Å². The van der Waals surface area contributed by atoms with Crippen LogP contribution < -0.4 is 20.7 Å². The number of hydrogen-bond acceptors (Lipinski definition) is 7. The van der Waals surface area contributed by atoms with Crippen molar-refractivity contribution in [1.82, 2.24) is 25.6 Å². The quantitative estimate of drug-likeness (QED) is 0.218. The number of anilines is 2. The average Bonchev–Trinajstić information content (AvgIpc) is 3.42. The number of nitrogens with zero attached hydrogens (tertiary/aromatic N) is 3. The largest absolute Gasteiger partial charge is 0.496 e. The number of halogens is 1. The van der Waals surface area contributed by atoms with Crippen LogP contribution in [-0.2, 0) is 11.3 Å². The van der Waals surface area contributed by atoms with E-state index >= 15 is 4.39 Å². The molecule has 1 saturated heterocycles. The summed E-state index contributed by atoms with van der Waals surface area (Å²) < 4.78 is 21.1. The van der Waals surface area contributed by atoms with Gasteiger partial charge in [-0.05, 0) is 77.9 Å². The molecule has 0 aliphatic carbocycles. The van der Waals surface area contributed by atoms with E-state index in [1.807, 2.05) is 43.3 Å². The highest BCUT2D eigenvalue weighted by Gasteiger charge is 2.24. The second kappa shape index (κ2) is 11.5. The summed E-state index contributed by atoms with van der Waals surface area (Å²) in [6.45, 7) is 4.93. The Morgan fingerprint density at radius 2 is 1.71 bits per heavy atom. The molecule has 3 aromatic carbocycles. The molecule has 0 saturated carbocycles. The minimum Gasteiger partial charge on any atom is -0.496 e. The van der Waals surface area contributed by atoms with Crippen LogP contribution in [0.3, 0.4) is 0 Å². The van der Waals surface area contributed by atoms with Gasteiger partial charge in [-0.1, -0.05) is 30.3 Å². The zero-order valence-electron chi connectivity index (χ0n) is 23.7. The van der Waals surface area contributed by atoms with Crippen molar-refractivity contribution in [1.29, 1.82) is 0 Å². The number of ether oxygens (including phenoxy) is 1. The molecule has 1 aliphatic rings. The van der Waals surface area contributed by atoms with E-state index in [9.17, 15) is 4.79 Å². The Kier molecular flexibility index (Phi) is 7.50. The Morgan fingerprint density at radius 3 is 2.50 bits per heavy atom. The first-order valence-electron chi connectivity index (χ1n) is 13.8. The van der Waals surface area contributed by atoms with Crippen molar-refractivity contribution in [2.45, 2.75) is 32.9 Å². The molecular formula is C33H31FN6O2. The summed E-state index contributed by atoms with van der Waals surface area (Å²) in [7, 11) is 1.53. The number of pyridine rings is 1. The maximum Gasteiger partial charge on any atom is 0.237 e. The first kappa shape index (κ1) is 27.3. The number of hydrogen-bond donors (Lipinski definition) is 3. The van der Waals surface area contributed by atoms with E-state index in [2.05, 4.69) is 50.0 Å². The Labute approximate surface area is 243 Å². The van der Waals surface area contributed by atoms with Crippen LogP contribution >= 0.6 is 0 Å². The maximum absolute atomic E-state index is 15.5. The maximum atomic E-state index is 15.5. The molecule has 2 aromatic heterocycles. The lowest BCUT2D eigenvalue weighted by molar-refractivity contribution is -0.120. The number of nitrogens with one attached hydrogen (secondary N) is 3. The van der Waals surface area contributed by atoms with E-state index in [1.165, 1.54) is 7.11 Å². The highest BCUT2D eigenvalue weighted by molar-refractivity contribution is 5.89. The number of aromatic nitrogens is 3. The topological polar surface area (TPSA) is 101 Å². The Hall–Kier alpha value is -4.89. The predicted molar refractivity (Wildman–Crippen MR) is 162 cm³/mol. The van der Waals surface area contributed by atoms with Gasteiger partial charge in [-0.2, -0.15) is 0 Å². The summed E-state index contributed by atoms with van der Waals surface area (Å²) in [6, 6.07) is 17.0. The van der Waals surface area contributed by atoms with Gasteiger partial charge in [0.1, 0.15) is 17.1 Å². The van der Waals surface area contributed by atoms with Crippen molar-refractivity contribution in [3.63, 3.8) is 0 Å². The molecule has 8 nitrogen and oxygen atoms in total. The van der Waals surface area contributed by atoms with Crippen molar-refractivity contribution in [2.24, 2.45) is 0 Å². The van der Waals surface area contributed by atoms with E-state index in [-0.39, 0.29) is 24.3 Å². The smallest absolute Gasteiger partial charge is 0.237 e.